The van der Waals surface area contributed by atoms with E-state index < -0.39 is 5.91 Å². The van der Waals surface area contributed by atoms with E-state index in [1.807, 2.05) is 6.92 Å². The van der Waals surface area contributed by atoms with E-state index in [9.17, 15) is 14.4 Å². The number of hydrogen-bond acceptors (Lipinski definition) is 4. The summed E-state index contributed by atoms with van der Waals surface area (Å²) in [5.74, 6) is 0.0851. The molecule has 2 rings (SSSR count). The summed E-state index contributed by atoms with van der Waals surface area (Å²) < 4.78 is 1.45. The van der Waals surface area contributed by atoms with Crippen molar-refractivity contribution in [2.24, 2.45) is 7.05 Å². The standard InChI is InChI=1S/C16H20N4O3/c1-9-7-11(3)20(4)16(23)14(9)15(22)17-6-5-12-18-10(2)8-13(21)19-12/h7-8H,5-6H2,1-4H3,(H,17,22)(H,18,19,21). The Morgan fingerprint density at radius 2 is 1.96 bits per heavy atom. The summed E-state index contributed by atoms with van der Waals surface area (Å²) in [6.45, 7) is 5.57. The molecule has 0 aliphatic rings. The fourth-order valence-electron chi connectivity index (χ4n) is 2.40. The monoisotopic (exact) mass is 316 g/mol. The maximum atomic E-state index is 12.3. The largest absolute Gasteiger partial charge is 0.351 e. The first-order chi connectivity index (χ1) is 10.8. The fourth-order valence-corrected chi connectivity index (χ4v) is 2.40. The zero-order valence-electron chi connectivity index (χ0n) is 13.7. The van der Waals surface area contributed by atoms with Crippen LogP contribution in [0.2, 0.25) is 0 Å². The molecule has 0 radical (unpaired) electrons. The summed E-state index contributed by atoms with van der Waals surface area (Å²) >= 11 is 0. The van der Waals surface area contributed by atoms with Crippen LogP contribution in [0, 0.1) is 20.8 Å². The third-order valence-corrected chi connectivity index (χ3v) is 3.66. The summed E-state index contributed by atoms with van der Waals surface area (Å²) in [5.41, 5.74) is 1.67. The Hall–Kier alpha value is -2.70. The zero-order chi connectivity index (χ0) is 17.1. The molecule has 0 atom stereocenters. The molecule has 0 aliphatic carbocycles. The van der Waals surface area contributed by atoms with Crippen molar-refractivity contribution in [2.45, 2.75) is 27.2 Å². The third-order valence-electron chi connectivity index (χ3n) is 3.66. The first kappa shape index (κ1) is 16.7. The number of pyridine rings is 1. The highest BCUT2D eigenvalue weighted by Crippen LogP contribution is 2.05. The number of aromatic amines is 1. The lowest BCUT2D eigenvalue weighted by Crippen LogP contribution is -2.35. The van der Waals surface area contributed by atoms with Crippen molar-refractivity contribution in [1.82, 2.24) is 19.9 Å². The van der Waals surface area contributed by atoms with E-state index in [-0.39, 0.29) is 23.2 Å². The molecule has 0 spiro atoms. The molecule has 2 heterocycles. The molecule has 0 bridgehead atoms. The van der Waals surface area contributed by atoms with Gasteiger partial charge in [0.15, 0.2) is 0 Å². The topological polar surface area (TPSA) is 96.9 Å². The van der Waals surface area contributed by atoms with Crippen molar-refractivity contribution in [3.8, 4) is 0 Å². The van der Waals surface area contributed by atoms with Crippen LogP contribution in [0.25, 0.3) is 0 Å². The van der Waals surface area contributed by atoms with Crippen LogP contribution in [-0.2, 0) is 13.5 Å². The number of carbonyl (C=O) groups excluding carboxylic acids is 1. The Morgan fingerprint density at radius 1 is 1.26 bits per heavy atom. The van der Waals surface area contributed by atoms with E-state index in [2.05, 4.69) is 15.3 Å². The highest BCUT2D eigenvalue weighted by Gasteiger charge is 2.15. The Labute approximate surface area is 133 Å². The second kappa shape index (κ2) is 6.60. The Bertz CT molecular complexity index is 865. The highest BCUT2D eigenvalue weighted by molar-refractivity contribution is 5.95. The van der Waals surface area contributed by atoms with Gasteiger partial charge in [-0.1, -0.05) is 0 Å². The minimum absolute atomic E-state index is 0.142. The second-order valence-electron chi connectivity index (χ2n) is 5.55. The van der Waals surface area contributed by atoms with Crippen molar-refractivity contribution >= 4 is 5.91 Å². The molecule has 0 aliphatic heterocycles. The van der Waals surface area contributed by atoms with E-state index in [1.54, 1.807) is 27.0 Å². The maximum Gasteiger partial charge on any atom is 0.263 e. The number of aryl methyl sites for hydroxylation is 3. The third kappa shape index (κ3) is 3.74. The normalized spacial score (nSPS) is 10.6. The van der Waals surface area contributed by atoms with Crippen LogP contribution < -0.4 is 16.4 Å². The van der Waals surface area contributed by atoms with Gasteiger partial charge in [-0.3, -0.25) is 14.4 Å². The molecule has 0 fully saturated rings. The molecule has 7 nitrogen and oxygen atoms in total. The summed E-state index contributed by atoms with van der Waals surface area (Å²) in [5, 5.41) is 2.70. The van der Waals surface area contributed by atoms with Gasteiger partial charge in [-0.15, -0.1) is 0 Å². The molecule has 23 heavy (non-hydrogen) atoms. The number of aromatic nitrogens is 3. The molecule has 7 heteroatoms. The lowest BCUT2D eigenvalue weighted by atomic mass is 10.1. The SMILES string of the molecule is Cc1cc(=O)[nH]c(CCNC(=O)c2c(C)cc(C)n(C)c2=O)n1. The lowest BCUT2D eigenvalue weighted by molar-refractivity contribution is 0.0951. The van der Waals surface area contributed by atoms with Crippen LogP contribution in [0.5, 0.6) is 0 Å². The molecule has 0 unspecified atom stereocenters. The van der Waals surface area contributed by atoms with E-state index in [0.29, 0.717) is 23.5 Å². The average Bonchev–Trinajstić information content (AvgIpc) is 2.44. The summed E-state index contributed by atoms with van der Waals surface area (Å²) in [6.07, 6.45) is 0.383. The van der Waals surface area contributed by atoms with E-state index >= 15 is 0 Å². The van der Waals surface area contributed by atoms with Crippen molar-refractivity contribution in [3.05, 3.63) is 61.2 Å². The van der Waals surface area contributed by atoms with Gasteiger partial charge in [-0.25, -0.2) is 4.98 Å². The molecule has 0 aromatic carbocycles. The summed E-state index contributed by atoms with van der Waals surface area (Å²) in [7, 11) is 1.63. The van der Waals surface area contributed by atoms with Gasteiger partial charge in [0.25, 0.3) is 17.0 Å². The Balaban J connectivity index is 2.10. The first-order valence-electron chi connectivity index (χ1n) is 7.32. The Morgan fingerprint density at radius 3 is 2.61 bits per heavy atom. The van der Waals surface area contributed by atoms with Gasteiger partial charge in [-0.2, -0.15) is 0 Å². The van der Waals surface area contributed by atoms with Crippen LogP contribution in [0.4, 0.5) is 0 Å². The van der Waals surface area contributed by atoms with Gasteiger partial charge in [0.05, 0.1) is 0 Å². The van der Waals surface area contributed by atoms with Crippen LogP contribution >= 0.6 is 0 Å². The smallest absolute Gasteiger partial charge is 0.263 e. The van der Waals surface area contributed by atoms with Gasteiger partial charge in [-0.05, 0) is 32.4 Å². The molecule has 2 aromatic rings. The van der Waals surface area contributed by atoms with E-state index in [1.165, 1.54) is 10.6 Å². The number of H-pyrrole nitrogens is 1. The van der Waals surface area contributed by atoms with Crippen molar-refractivity contribution in [2.75, 3.05) is 6.54 Å². The molecule has 2 aromatic heterocycles. The van der Waals surface area contributed by atoms with Crippen molar-refractivity contribution in [1.29, 1.82) is 0 Å². The molecule has 2 N–H and O–H groups in total. The second-order valence-corrected chi connectivity index (χ2v) is 5.55. The number of amides is 1. The first-order valence-corrected chi connectivity index (χ1v) is 7.32. The zero-order valence-corrected chi connectivity index (χ0v) is 13.7. The molecular weight excluding hydrogens is 296 g/mol. The van der Waals surface area contributed by atoms with Gasteiger partial charge in [0.2, 0.25) is 0 Å². The van der Waals surface area contributed by atoms with Crippen LogP contribution in [0.3, 0.4) is 0 Å². The number of nitrogens with one attached hydrogen (secondary N) is 2. The number of rotatable bonds is 4. The van der Waals surface area contributed by atoms with Crippen molar-refractivity contribution in [3.63, 3.8) is 0 Å². The molecule has 0 saturated heterocycles. The quantitative estimate of drug-likeness (QED) is 0.851. The predicted octanol–water partition coefficient (Wildman–Crippen LogP) is 0.366. The minimum atomic E-state index is -0.418. The van der Waals surface area contributed by atoms with Crippen LogP contribution in [0.1, 0.15) is 33.1 Å². The van der Waals surface area contributed by atoms with E-state index in [4.69, 9.17) is 0 Å². The molecule has 1 amide bonds. The molecule has 122 valence electrons. The molecular formula is C16H20N4O3. The van der Waals surface area contributed by atoms with Crippen molar-refractivity contribution < 1.29 is 4.79 Å². The fraction of sp³-hybridized carbons (Fsp3) is 0.375. The summed E-state index contributed by atoms with van der Waals surface area (Å²) in [4.78, 5) is 42.6. The lowest BCUT2D eigenvalue weighted by Gasteiger charge is -2.11. The number of carbonyl (C=O) groups is 1. The maximum absolute atomic E-state index is 12.3. The van der Waals surface area contributed by atoms with Gasteiger partial charge < -0.3 is 14.9 Å². The minimum Gasteiger partial charge on any atom is -0.351 e. The highest BCUT2D eigenvalue weighted by atomic mass is 16.2. The Kier molecular flexibility index (Phi) is 4.78. The number of nitrogens with zero attached hydrogens (tertiary/aromatic N) is 2. The van der Waals surface area contributed by atoms with Gasteiger partial charge >= 0.3 is 0 Å². The average molecular weight is 316 g/mol. The summed E-state index contributed by atoms with van der Waals surface area (Å²) in [6, 6.07) is 3.21. The van der Waals surface area contributed by atoms with Crippen LogP contribution in [-0.4, -0.2) is 27.0 Å². The van der Waals surface area contributed by atoms with Gasteiger partial charge in [0, 0.05) is 37.5 Å². The van der Waals surface area contributed by atoms with Crippen LogP contribution in [0.15, 0.2) is 21.7 Å². The molecule has 0 saturated carbocycles. The number of hydrogen-bond donors (Lipinski definition) is 2. The van der Waals surface area contributed by atoms with E-state index in [0.717, 1.165) is 5.69 Å². The van der Waals surface area contributed by atoms with Gasteiger partial charge in [0.1, 0.15) is 11.4 Å². The predicted molar refractivity (Wildman–Crippen MR) is 86.8 cm³/mol.